The molecule has 11 aromatic rings. The first-order valence-electron chi connectivity index (χ1n) is 22.6. The van der Waals surface area contributed by atoms with E-state index in [1.165, 1.54) is 123 Å². The lowest BCUT2D eigenvalue weighted by Gasteiger charge is -2.42. The van der Waals surface area contributed by atoms with E-state index in [0.29, 0.717) is 0 Å². The predicted molar refractivity (Wildman–Crippen MR) is 265 cm³/mol. The average Bonchev–Trinajstić information content (AvgIpc) is 3.94. The fourth-order valence-electron chi connectivity index (χ4n) is 12.1. The van der Waals surface area contributed by atoms with Gasteiger partial charge >= 0.3 is 0 Å². The molecule has 2 heteroatoms. The molecule has 2 aromatic heterocycles. The summed E-state index contributed by atoms with van der Waals surface area (Å²) in [7, 11) is 0. The van der Waals surface area contributed by atoms with Crippen LogP contribution in [0.3, 0.4) is 0 Å². The monoisotopic (exact) mass is 808 g/mol. The number of fused-ring (bicyclic) bond motifs is 12. The summed E-state index contributed by atoms with van der Waals surface area (Å²) in [5.41, 5.74) is 17.8. The Hall–Kier alpha value is -7.16. The lowest BCUT2D eigenvalue weighted by Crippen LogP contribution is -2.33. The Morgan fingerprint density at radius 2 is 0.841 bits per heavy atom. The van der Waals surface area contributed by atoms with Gasteiger partial charge in [-0.1, -0.05) is 167 Å². The first-order chi connectivity index (χ1) is 30.7. The quantitative estimate of drug-likeness (QED) is 0.168. The van der Waals surface area contributed by atoms with E-state index >= 15 is 0 Å². The highest BCUT2D eigenvalue weighted by molar-refractivity contribution is 6.25. The molecule has 2 heterocycles. The second-order valence-corrected chi connectivity index (χ2v) is 19.5. The molecule has 0 atom stereocenters. The Bertz CT molecular complexity index is 3610. The maximum atomic E-state index is 2.58. The van der Waals surface area contributed by atoms with Crippen molar-refractivity contribution in [1.29, 1.82) is 0 Å². The first kappa shape index (κ1) is 36.5. The van der Waals surface area contributed by atoms with Crippen LogP contribution in [-0.4, -0.2) is 9.13 Å². The number of hydrogen-bond donors (Lipinski definition) is 0. The Labute approximate surface area is 368 Å². The molecular formula is C61H48N2. The van der Waals surface area contributed by atoms with Crippen LogP contribution in [-0.2, 0) is 16.2 Å². The SMILES string of the molecule is CC1(C)CCC(C)(C)c2cc3c(cc21)c1cc2c(cc1n3-c1ccc(C3(c4ccccc4)c4ccccc4-c4ccccc43)cc1)c1c3ccccc3ccc1n2-c1ccccc1. The molecule has 0 saturated heterocycles. The Kier molecular flexibility index (Phi) is 7.49. The summed E-state index contributed by atoms with van der Waals surface area (Å²) in [6, 6.07) is 73.4. The molecule has 13 rings (SSSR count). The van der Waals surface area contributed by atoms with Crippen molar-refractivity contribution >= 4 is 54.4 Å². The fraction of sp³-hybridized carbons (Fsp3) is 0.148. The van der Waals surface area contributed by atoms with E-state index < -0.39 is 5.41 Å². The van der Waals surface area contributed by atoms with Crippen LogP contribution in [0.2, 0.25) is 0 Å². The molecule has 0 radical (unpaired) electrons. The highest BCUT2D eigenvalue weighted by atomic mass is 15.0. The van der Waals surface area contributed by atoms with Gasteiger partial charge in [0.15, 0.2) is 0 Å². The predicted octanol–water partition coefficient (Wildman–Crippen LogP) is 15.7. The zero-order chi connectivity index (χ0) is 42.2. The van der Waals surface area contributed by atoms with Crippen LogP contribution in [0.25, 0.3) is 76.9 Å². The van der Waals surface area contributed by atoms with Gasteiger partial charge in [-0.3, -0.25) is 0 Å². The van der Waals surface area contributed by atoms with E-state index in [-0.39, 0.29) is 10.8 Å². The third kappa shape index (κ3) is 4.95. The molecule has 0 fully saturated rings. The summed E-state index contributed by atoms with van der Waals surface area (Å²) >= 11 is 0. The third-order valence-corrected chi connectivity index (χ3v) is 15.2. The van der Waals surface area contributed by atoms with E-state index in [1.54, 1.807) is 0 Å². The number of nitrogens with zero attached hydrogens (tertiary/aromatic N) is 2. The molecule has 302 valence electrons. The number of benzene rings is 9. The second kappa shape index (κ2) is 12.9. The van der Waals surface area contributed by atoms with Crippen molar-refractivity contribution in [2.24, 2.45) is 0 Å². The molecule has 0 bridgehead atoms. The van der Waals surface area contributed by atoms with Gasteiger partial charge in [0, 0.05) is 32.9 Å². The summed E-state index contributed by atoms with van der Waals surface area (Å²) in [5, 5.41) is 7.70. The fourth-order valence-corrected chi connectivity index (χ4v) is 12.1. The van der Waals surface area contributed by atoms with Crippen molar-refractivity contribution < 1.29 is 0 Å². The first-order valence-corrected chi connectivity index (χ1v) is 22.6. The van der Waals surface area contributed by atoms with Crippen molar-refractivity contribution in [3.8, 4) is 22.5 Å². The molecule has 2 aliphatic rings. The number of rotatable bonds is 4. The van der Waals surface area contributed by atoms with Gasteiger partial charge in [-0.15, -0.1) is 0 Å². The van der Waals surface area contributed by atoms with E-state index in [1.807, 2.05) is 0 Å². The normalized spacial score (nSPS) is 15.9. The zero-order valence-corrected chi connectivity index (χ0v) is 36.3. The smallest absolute Gasteiger partial charge is 0.0713 e. The minimum Gasteiger partial charge on any atom is -0.309 e. The molecular weight excluding hydrogens is 761 g/mol. The average molecular weight is 809 g/mol. The molecule has 0 N–H and O–H groups in total. The Morgan fingerprint density at radius 1 is 0.349 bits per heavy atom. The maximum absolute atomic E-state index is 2.58. The second-order valence-electron chi connectivity index (χ2n) is 19.5. The van der Waals surface area contributed by atoms with Crippen LogP contribution in [0.5, 0.6) is 0 Å². The van der Waals surface area contributed by atoms with Crippen LogP contribution < -0.4 is 0 Å². The van der Waals surface area contributed by atoms with Gasteiger partial charge in [0.1, 0.15) is 0 Å². The highest BCUT2D eigenvalue weighted by Crippen LogP contribution is 2.56. The summed E-state index contributed by atoms with van der Waals surface area (Å²) < 4.78 is 5.06. The lowest BCUT2D eigenvalue weighted by atomic mass is 9.63. The van der Waals surface area contributed by atoms with Gasteiger partial charge in [0.05, 0.1) is 27.5 Å². The molecule has 63 heavy (non-hydrogen) atoms. The number of hydrogen-bond acceptors (Lipinski definition) is 0. The van der Waals surface area contributed by atoms with Crippen LogP contribution in [0.15, 0.2) is 194 Å². The standard InChI is InChI=1S/C61H48N2/c1-59(2)33-34-60(3,4)53-38-57-47(35-52(53)59)48-36-56-49(58-44-22-12-11-17-39(44)27-32-54(58)62(56)42-20-9-6-10-21-42)37-55(48)63(57)43-30-28-41(29-31-43)61(40-18-7-5-8-19-40)50-25-15-13-23-45(50)46-24-14-16-26-51(46)61/h5-32,35-38H,33-34H2,1-4H3. The lowest BCUT2D eigenvalue weighted by molar-refractivity contribution is 0.332. The molecule has 0 spiro atoms. The number of para-hydroxylation sites is 1. The Balaban J connectivity index is 1.13. The molecule has 0 saturated carbocycles. The Morgan fingerprint density at radius 3 is 1.54 bits per heavy atom. The van der Waals surface area contributed by atoms with Gasteiger partial charge in [-0.2, -0.15) is 0 Å². The van der Waals surface area contributed by atoms with Gasteiger partial charge in [-0.05, 0) is 134 Å². The van der Waals surface area contributed by atoms with Crippen LogP contribution in [0.1, 0.15) is 73.9 Å². The molecule has 2 nitrogen and oxygen atoms in total. The molecule has 2 aliphatic carbocycles. The van der Waals surface area contributed by atoms with E-state index in [0.717, 1.165) is 0 Å². The summed E-state index contributed by atoms with van der Waals surface area (Å²) in [5.74, 6) is 0. The minimum atomic E-state index is -0.449. The molecule has 0 unspecified atom stereocenters. The van der Waals surface area contributed by atoms with Crippen molar-refractivity contribution in [1.82, 2.24) is 9.13 Å². The van der Waals surface area contributed by atoms with E-state index in [9.17, 15) is 0 Å². The van der Waals surface area contributed by atoms with Crippen molar-refractivity contribution in [2.45, 2.75) is 56.8 Å². The van der Waals surface area contributed by atoms with Crippen molar-refractivity contribution in [2.75, 3.05) is 0 Å². The summed E-state index contributed by atoms with van der Waals surface area (Å²) in [6.07, 6.45) is 2.34. The largest absolute Gasteiger partial charge is 0.309 e. The van der Waals surface area contributed by atoms with E-state index in [4.69, 9.17) is 0 Å². The minimum absolute atomic E-state index is 0.0687. The van der Waals surface area contributed by atoms with Gasteiger partial charge in [0.25, 0.3) is 0 Å². The van der Waals surface area contributed by atoms with Crippen LogP contribution in [0, 0.1) is 0 Å². The van der Waals surface area contributed by atoms with Gasteiger partial charge in [-0.25, -0.2) is 0 Å². The summed E-state index contributed by atoms with van der Waals surface area (Å²) in [6.45, 7) is 9.79. The van der Waals surface area contributed by atoms with Gasteiger partial charge in [0.2, 0.25) is 0 Å². The molecule has 0 amide bonds. The topological polar surface area (TPSA) is 9.86 Å². The number of aromatic nitrogens is 2. The maximum Gasteiger partial charge on any atom is 0.0713 e. The van der Waals surface area contributed by atoms with Crippen LogP contribution >= 0.6 is 0 Å². The van der Waals surface area contributed by atoms with Crippen LogP contribution in [0.4, 0.5) is 0 Å². The van der Waals surface area contributed by atoms with Crippen molar-refractivity contribution in [3.63, 3.8) is 0 Å². The molecule has 9 aromatic carbocycles. The summed E-state index contributed by atoms with van der Waals surface area (Å²) in [4.78, 5) is 0. The van der Waals surface area contributed by atoms with Crippen molar-refractivity contribution in [3.05, 3.63) is 228 Å². The highest BCUT2D eigenvalue weighted by Gasteiger charge is 2.46. The van der Waals surface area contributed by atoms with E-state index in [2.05, 4.69) is 231 Å². The zero-order valence-electron chi connectivity index (χ0n) is 36.3. The third-order valence-electron chi connectivity index (χ3n) is 15.2. The molecule has 0 aliphatic heterocycles. The van der Waals surface area contributed by atoms with Gasteiger partial charge < -0.3 is 9.13 Å².